The molecular formula is C23H24O6. The van der Waals surface area contributed by atoms with Crippen molar-refractivity contribution in [1.29, 1.82) is 0 Å². The summed E-state index contributed by atoms with van der Waals surface area (Å²) in [5, 5.41) is 0.985. The molecule has 29 heavy (non-hydrogen) atoms. The minimum atomic E-state index is -0.219. The van der Waals surface area contributed by atoms with Crippen molar-refractivity contribution in [3.8, 4) is 11.5 Å². The Hall–Kier alpha value is -2.99. The molecule has 6 nitrogen and oxygen atoms in total. The van der Waals surface area contributed by atoms with E-state index in [2.05, 4.69) is 0 Å². The van der Waals surface area contributed by atoms with Gasteiger partial charge in [0.05, 0.1) is 21.3 Å². The van der Waals surface area contributed by atoms with E-state index in [0.29, 0.717) is 19.3 Å². The van der Waals surface area contributed by atoms with Crippen LogP contribution in [-0.2, 0) is 20.7 Å². The van der Waals surface area contributed by atoms with E-state index in [0.717, 1.165) is 39.4 Å². The molecule has 6 heteroatoms. The molecule has 3 aromatic rings. The van der Waals surface area contributed by atoms with Crippen LogP contribution in [0.1, 0.15) is 41.9 Å². The van der Waals surface area contributed by atoms with Crippen molar-refractivity contribution in [2.24, 2.45) is 0 Å². The van der Waals surface area contributed by atoms with Crippen LogP contribution in [0.4, 0.5) is 0 Å². The molecule has 0 aliphatic carbocycles. The Kier molecular flexibility index (Phi) is 5.45. The van der Waals surface area contributed by atoms with Crippen LogP contribution in [0, 0.1) is 0 Å². The Morgan fingerprint density at radius 3 is 2.38 bits per heavy atom. The number of hydrogen-bond acceptors (Lipinski definition) is 6. The molecule has 4 rings (SSSR count). The van der Waals surface area contributed by atoms with E-state index in [1.54, 1.807) is 14.2 Å². The number of fused-ring (bicyclic) bond motifs is 1. The van der Waals surface area contributed by atoms with Crippen LogP contribution in [0.25, 0.3) is 11.0 Å². The lowest BCUT2D eigenvalue weighted by Gasteiger charge is -2.03. The summed E-state index contributed by atoms with van der Waals surface area (Å²) >= 11 is 0. The van der Waals surface area contributed by atoms with Gasteiger partial charge in [0.15, 0.2) is 0 Å². The maximum absolute atomic E-state index is 11.5. The summed E-state index contributed by atoms with van der Waals surface area (Å²) in [5.41, 5.74) is 2.91. The average molecular weight is 396 g/mol. The summed E-state index contributed by atoms with van der Waals surface area (Å²) in [6.45, 7) is 0. The lowest BCUT2D eigenvalue weighted by Crippen LogP contribution is -2.01. The maximum Gasteiger partial charge on any atom is 0.305 e. The number of furan rings is 1. The third-order valence-corrected chi connectivity index (χ3v) is 5.24. The SMILES string of the molecule is COC(=O)CCCc1oc2ccc(OC)cc2c1C1OC1c1ccc(OC)cc1. The molecule has 2 unspecified atom stereocenters. The number of carbonyl (C=O) groups excluding carboxylic acids is 1. The minimum absolute atomic E-state index is 0.0349. The van der Waals surface area contributed by atoms with E-state index in [9.17, 15) is 4.79 Å². The topological polar surface area (TPSA) is 70.4 Å². The van der Waals surface area contributed by atoms with Crippen molar-refractivity contribution in [2.75, 3.05) is 21.3 Å². The Bertz CT molecular complexity index is 1000. The smallest absolute Gasteiger partial charge is 0.305 e. The molecule has 0 spiro atoms. The maximum atomic E-state index is 11.5. The highest BCUT2D eigenvalue weighted by Crippen LogP contribution is 2.54. The zero-order valence-corrected chi connectivity index (χ0v) is 16.8. The van der Waals surface area contributed by atoms with E-state index in [-0.39, 0.29) is 18.2 Å². The number of hydrogen-bond donors (Lipinski definition) is 0. The third-order valence-electron chi connectivity index (χ3n) is 5.24. The highest BCUT2D eigenvalue weighted by atomic mass is 16.6. The van der Waals surface area contributed by atoms with E-state index >= 15 is 0 Å². The fourth-order valence-electron chi connectivity index (χ4n) is 3.65. The molecule has 0 saturated carbocycles. The van der Waals surface area contributed by atoms with Crippen LogP contribution < -0.4 is 9.47 Å². The molecule has 152 valence electrons. The number of aryl methyl sites for hydroxylation is 1. The summed E-state index contributed by atoms with van der Waals surface area (Å²) in [6.07, 6.45) is 1.51. The summed E-state index contributed by atoms with van der Waals surface area (Å²) in [5.74, 6) is 2.21. The zero-order chi connectivity index (χ0) is 20.4. The van der Waals surface area contributed by atoms with Gasteiger partial charge < -0.3 is 23.4 Å². The largest absolute Gasteiger partial charge is 0.497 e. The van der Waals surface area contributed by atoms with Gasteiger partial charge in [-0.2, -0.15) is 0 Å². The van der Waals surface area contributed by atoms with Gasteiger partial charge in [0.25, 0.3) is 0 Å². The highest BCUT2D eigenvalue weighted by Gasteiger charge is 2.45. The van der Waals surface area contributed by atoms with Gasteiger partial charge in [-0.25, -0.2) is 0 Å². The molecule has 1 aliphatic heterocycles. The van der Waals surface area contributed by atoms with Crippen molar-refractivity contribution in [3.63, 3.8) is 0 Å². The normalized spacial score (nSPS) is 17.9. The van der Waals surface area contributed by atoms with Gasteiger partial charge in [-0.15, -0.1) is 0 Å². The number of carbonyl (C=O) groups is 1. The summed E-state index contributed by atoms with van der Waals surface area (Å²) in [7, 11) is 4.70. The molecule has 1 aromatic heterocycles. The second-order valence-corrected chi connectivity index (χ2v) is 6.98. The molecule has 0 N–H and O–H groups in total. The Labute approximate surface area is 169 Å². The van der Waals surface area contributed by atoms with Gasteiger partial charge in [-0.1, -0.05) is 12.1 Å². The van der Waals surface area contributed by atoms with Crippen LogP contribution in [0.3, 0.4) is 0 Å². The number of esters is 1. The average Bonchev–Trinajstić information content (AvgIpc) is 3.46. The van der Waals surface area contributed by atoms with E-state index in [1.807, 2.05) is 42.5 Å². The van der Waals surface area contributed by atoms with Crippen LogP contribution in [0.2, 0.25) is 0 Å². The second-order valence-electron chi connectivity index (χ2n) is 6.98. The van der Waals surface area contributed by atoms with Crippen LogP contribution in [-0.4, -0.2) is 27.3 Å². The molecule has 1 fully saturated rings. The first kappa shape index (κ1) is 19.3. The molecule has 2 atom stereocenters. The van der Waals surface area contributed by atoms with Crippen LogP contribution in [0.5, 0.6) is 11.5 Å². The van der Waals surface area contributed by atoms with E-state index < -0.39 is 0 Å². The minimum Gasteiger partial charge on any atom is -0.497 e. The summed E-state index contributed by atoms with van der Waals surface area (Å²) in [4.78, 5) is 11.5. The van der Waals surface area contributed by atoms with Crippen LogP contribution in [0.15, 0.2) is 46.9 Å². The van der Waals surface area contributed by atoms with Crippen molar-refractivity contribution >= 4 is 16.9 Å². The molecule has 2 heterocycles. The quantitative estimate of drug-likeness (QED) is 0.404. The van der Waals surface area contributed by atoms with E-state index in [4.69, 9.17) is 23.4 Å². The number of benzene rings is 2. The van der Waals surface area contributed by atoms with Crippen LogP contribution >= 0.6 is 0 Å². The molecule has 1 aliphatic rings. The third kappa shape index (κ3) is 3.93. The first-order valence-corrected chi connectivity index (χ1v) is 9.60. The molecule has 0 bridgehead atoms. The van der Waals surface area contributed by atoms with Gasteiger partial charge in [0.1, 0.15) is 35.1 Å². The van der Waals surface area contributed by atoms with Gasteiger partial charge >= 0.3 is 5.97 Å². The first-order chi connectivity index (χ1) is 14.1. The zero-order valence-electron chi connectivity index (χ0n) is 16.8. The predicted molar refractivity (Wildman–Crippen MR) is 107 cm³/mol. The van der Waals surface area contributed by atoms with Crippen molar-refractivity contribution in [3.05, 3.63) is 59.4 Å². The Morgan fingerprint density at radius 1 is 0.966 bits per heavy atom. The molecule has 1 saturated heterocycles. The lowest BCUT2D eigenvalue weighted by atomic mass is 9.99. The lowest BCUT2D eigenvalue weighted by molar-refractivity contribution is -0.140. The number of ether oxygens (including phenoxy) is 4. The van der Waals surface area contributed by atoms with Gasteiger partial charge in [-0.3, -0.25) is 4.79 Å². The molecular weight excluding hydrogens is 372 g/mol. The number of epoxide rings is 1. The van der Waals surface area contributed by atoms with E-state index in [1.165, 1.54) is 7.11 Å². The van der Waals surface area contributed by atoms with Gasteiger partial charge in [0.2, 0.25) is 0 Å². The summed E-state index contributed by atoms with van der Waals surface area (Å²) < 4.78 is 27.6. The van der Waals surface area contributed by atoms with Gasteiger partial charge in [0, 0.05) is 23.8 Å². The van der Waals surface area contributed by atoms with Gasteiger partial charge in [-0.05, 0) is 42.3 Å². The number of rotatable bonds is 8. The Morgan fingerprint density at radius 2 is 1.69 bits per heavy atom. The fraction of sp³-hybridized carbons (Fsp3) is 0.348. The molecule has 2 aromatic carbocycles. The second kappa shape index (κ2) is 8.17. The summed E-state index contributed by atoms with van der Waals surface area (Å²) in [6, 6.07) is 13.7. The standard InChI is InChI=1S/C23H24O6/c1-25-15-9-7-14(8-10-15)22-23(29-22)21-17-13-16(26-2)11-12-18(17)28-19(21)5-4-6-20(24)27-3/h7-13,22-23H,4-6H2,1-3H3. The fourth-order valence-corrected chi connectivity index (χ4v) is 3.65. The first-order valence-electron chi connectivity index (χ1n) is 9.60. The van der Waals surface area contributed by atoms with Crippen molar-refractivity contribution in [1.82, 2.24) is 0 Å². The number of methoxy groups -OCH3 is 3. The van der Waals surface area contributed by atoms with Crippen molar-refractivity contribution in [2.45, 2.75) is 31.5 Å². The van der Waals surface area contributed by atoms with Crippen molar-refractivity contribution < 1.29 is 28.2 Å². The predicted octanol–water partition coefficient (Wildman–Crippen LogP) is 4.76. The monoisotopic (exact) mass is 396 g/mol. The Balaban J connectivity index is 1.63. The highest BCUT2D eigenvalue weighted by molar-refractivity contribution is 5.84. The molecule has 0 amide bonds. The molecule has 0 radical (unpaired) electrons.